The maximum atomic E-state index is 13.0. The SMILES string of the molecule is C=CCc1ccc(S(=O)(=O)C(F)(F)F)c2c1CCC21OCCO1. The van der Waals surface area contributed by atoms with Crippen molar-refractivity contribution in [2.75, 3.05) is 13.2 Å². The van der Waals surface area contributed by atoms with E-state index in [4.69, 9.17) is 9.47 Å². The second-order valence-corrected chi connectivity index (χ2v) is 7.38. The third-order valence-corrected chi connectivity index (χ3v) is 5.70. The molecular weight excluding hydrogens is 333 g/mol. The van der Waals surface area contributed by atoms with E-state index < -0.39 is 26.0 Å². The number of hydrogen-bond donors (Lipinski definition) is 0. The predicted molar refractivity (Wildman–Crippen MR) is 75.5 cm³/mol. The summed E-state index contributed by atoms with van der Waals surface area (Å²) in [4.78, 5) is -0.771. The second kappa shape index (κ2) is 5.32. The number of allylic oxidation sites excluding steroid dienone is 1. The molecule has 1 fully saturated rings. The zero-order chi connectivity index (χ0) is 16.9. The molecule has 1 aromatic rings. The van der Waals surface area contributed by atoms with Crippen LogP contribution < -0.4 is 0 Å². The molecule has 0 bridgehead atoms. The molecule has 1 heterocycles. The highest BCUT2D eigenvalue weighted by molar-refractivity contribution is 7.92. The van der Waals surface area contributed by atoms with E-state index in [1.54, 1.807) is 6.08 Å². The molecule has 1 aliphatic heterocycles. The van der Waals surface area contributed by atoms with Gasteiger partial charge in [-0.15, -0.1) is 6.58 Å². The molecule has 4 nitrogen and oxygen atoms in total. The van der Waals surface area contributed by atoms with E-state index in [0.717, 1.165) is 11.6 Å². The molecule has 126 valence electrons. The van der Waals surface area contributed by atoms with Gasteiger partial charge in [0.1, 0.15) is 0 Å². The van der Waals surface area contributed by atoms with Crippen LogP contribution in [0.25, 0.3) is 0 Å². The van der Waals surface area contributed by atoms with Crippen molar-refractivity contribution in [2.24, 2.45) is 0 Å². The van der Waals surface area contributed by atoms with Crippen LogP contribution in [0, 0.1) is 0 Å². The summed E-state index contributed by atoms with van der Waals surface area (Å²) in [6.07, 6.45) is 2.76. The van der Waals surface area contributed by atoms with E-state index in [1.165, 1.54) is 6.07 Å². The molecule has 0 unspecified atom stereocenters. The van der Waals surface area contributed by atoms with Crippen molar-refractivity contribution in [3.8, 4) is 0 Å². The largest absolute Gasteiger partial charge is 0.501 e. The Kier molecular flexibility index (Phi) is 3.81. The van der Waals surface area contributed by atoms with Gasteiger partial charge in [-0.05, 0) is 30.0 Å². The van der Waals surface area contributed by atoms with Crippen molar-refractivity contribution >= 4 is 9.84 Å². The van der Waals surface area contributed by atoms with Crippen molar-refractivity contribution in [3.05, 3.63) is 41.5 Å². The van der Waals surface area contributed by atoms with Crippen LogP contribution >= 0.6 is 0 Å². The minimum absolute atomic E-state index is 0.00618. The van der Waals surface area contributed by atoms with Gasteiger partial charge in [0, 0.05) is 12.0 Å². The monoisotopic (exact) mass is 348 g/mol. The van der Waals surface area contributed by atoms with E-state index in [1.807, 2.05) is 0 Å². The molecule has 0 amide bonds. The van der Waals surface area contributed by atoms with Gasteiger partial charge in [0.25, 0.3) is 9.84 Å². The van der Waals surface area contributed by atoms with Crippen molar-refractivity contribution in [2.45, 2.75) is 35.5 Å². The van der Waals surface area contributed by atoms with Crippen LogP contribution in [-0.2, 0) is 37.9 Å². The fourth-order valence-electron chi connectivity index (χ4n) is 3.23. The van der Waals surface area contributed by atoms with Crippen LogP contribution in [0.15, 0.2) is 29.7 Å². The summed E-state index contributed by atoms with van der Waals surface area (Å²) in [5, 5.41) is 0. The van der Waals surface area contributed by atoms with Crippen molar-refractivity contribution in [1.82, 2.24) is 0 Å². The maximum Gasteiger partial charge on any atom is 0.501 e. The van der Waals surface area contributed by atoms with Gasteiger partial charge in [0.05, 0.1) is 18.1 Å². The zero-order valence-electron chi connectivity index (χ0n) is 12.1. The molecule has 1 saturated heterocycles. The van der Waals surface area contributed by atoms with Crippen molar-refractivity contribution in [1.29, 1.82) is 0 Å². The van der Waals surface area contributed by atoms with E-state index in [9.17, 15) is 21.6 Å². The molecule has 3 rings (SSSR count). The lowest BCUT2D eigenvalue weighted by molar-refractivity contribution is -0.164. The van der Waals surface area contributed by atoms with Crippen LogP contribution in [0.1, 0.15) is 23.1 Å². The molecule has 0 atom stereocenters. The van der Waals surface area contributed by atoms with Gasteiger partial charge in [0.15, 0.2) is 5.79 Å². The molecule has 0 aromatic heterocycles. The minimum Gasteiger partial charge on any atom is -0.343 e. The topological polar surface area (TPSA) is 52.6 Å². The molecule has 8 heteroatoms. The zero-order valence-corrected chi connectivity index (χ0v) is 13.0. The summed E-state index contributed by atoms with van der Waals surface area (Å²) in [5.41, 5.74) is -4.07. The maximum absolute atomic E-state index is 13.0. The number of hydrogen-bond acceptors (Lipinski definition) is 4. The van der Waals surface area contributed by atoms with E-state index in [-0.39, 0.29) is 18.8 Å². The van der Waals surface area contributed by atoms with Gasteiger partial charge in [-0.2, -0.15) is 13.2 Å². The summed E-state index contributed by atoms with van der Waals surface area (Å²) < 4.78 is 74.1. The first-order valence-corrected chi connectivity index (χ1v) is 8.57. The lowest BCUT2D eigenvalue weighted by Crippen LogP contribution is -2.30. The van der Waals surface area contributed by atoms with Crippen LogP contribution in [-0.4, -0.2) is 27.1 Å². The van der Waals surface area contributed by atoms with Crippen molar-refractivity contribution in [3.63, 3.8) is 0 Å². The standard InChI is InChI=1S/C15H15F3O4S/c1-2-3-10-4-5-12(23(19,20)15(16,17)18)13-11(10)6-7-14(13)21-8-9-22-14/h2,4-5H,1,3,6-9H2. The normalized spacial score (nSPS) is 20.0. The quantitative estimate of drug-likeness (QED) is 0.788. The van der Waals surface area contributed by atoms with Crippen LogP contribution in [0.4, 0.5) is 13.2 Å². The summed E-state index contributed by atoms with van der Waals surface area (Å²) in [5.74, 6) is -1.39. The van der Waals surface area contributed by atoms with Crippen LogP contribution in [0.5, 0.6) is 0 Å². The molecule has 0 N–H and O–H groups in total. The molecule has 1 aromatic carbocycles. The third kappa shape index (κ3) is 2.40. The Hall–Kier alpha value is -1.38. The molecule has 0 saturated carbocycles. The molecule has 2 aliphatic rings. The van der Waals surface area contributed by atoms with Gasteiger partial charge >= 0.3 is 5.51 Å². The lowest BCUT2D eigenvalue weighted by Gasteiger charge is -2.26. The Labute approximate surface area is 131 Å². The summed E-state index contributed by atoms with van der Waals surface area (Å²) in [6, 6.07) is 2.41. The van der Waals surface area contributed by atoms with Gasteiger partial charge < -0.3 is 9.47 Å². The van der Waals surface area contributed by atoms with Gasteiger partial charge in [-0.1, -0.05) is 12.1 Å². The first-order chi connectivity index (χ1) is 10.7. The van der Waals surface area contributed by atoms with Gasteiger partial charge in [-0.3, -0.25) is 0 Å². The first-order valence-electron chi connectivity index (χ1n) is 7.08. The van der Waals surface area contributed by atoms with Gasteiger partial charge in [-0.25, -0.2) is 8.42 Å². The molecule has 23 heavy (non-hydrogen) atoms. The Morgan fingerprint density at radius 3 is 2.48 bits per heavy atom. The van der Waals surface area contributed by atoms with Crippen LogP contribution in [0.3, 0.4) is 0 Å². The average molecular weight is 348 g/mol. The third-order valence-electron chi connectivity index (χ3n) is 4.17. The number of rotatable bonds is 3. The molecule has 0 radical (unpaired) electrons. The number of fused-ring (bicyclic) bond motifs is 2. The Morgan fingerprint density at radius 2 is 1.91 bits per heavy atom. The van der Waals surface area contributed by atoms with E-state index >= 15 is 0 Å². The predicted octanol–water partition coefficient (Wildman–Crippen LogP) is 2.85. The number of benzene rings is 1. The fourth-order valence-corrected chi connectivity index (χ4v) is 4.27. The first kappa shape index (κ1) is 16.5. The Morgan fingerprint density at radius 1 is 1.26 bits per heavy atom. The number of sulfone groups is 1. The van der Waals surface area contributed by atoms with Crippen molar-refractivity contribution < 1.29 is 31.1 Å². The lowest BCUT2D eigenvalue weighted by atomic mass is 9.99. The van der Waals surface area contributed by atoms with Crippen LogP contribution in [0.2, 0.25) is 0 Å². The molecule has 1 aliphatic carbocycles. The highest BCUT2D eigenvalue weighted by atomic mass is 32.2. The van der Waals surface area contributed by atoms with Gasteiger partial charge in [0.2, 0.25) is 0 Å². The summed E-state index contributed by atoms with van der Waals surface area (Å²) in [7, 11) is -5.48. The number of ether oxygens (including phenoxy) is 2. The second-order valence-electron chi connectivity index (χ2n) is 5.47. The minimum atomic E-state index is -5.48. The number of alkyl halides is 3. The fraction of sp³-hybridized carbons (Fsp3) is 0.467. The Bertz CT molecular complexity index is 747. The summed E-state index contributed by atoms with van der Waals surface area (Å²) in [6.45, 7) is 4.06. The van der Waals surface area contributed by atoms with E-state index in [2.05, 4.69) is 6.58 Å². The highest BCUT2D eigenvalue weighted by Gasteiger charge is 2.54. The molecule has 1 spiro atoms. The number of halogens is 3. The van der Waals surface area contributed by atoms with E-state index in [0.29, 0.717) is 24.8 Å². The Balaban J connectivity index is 2.28. The molecular formula is C15H15F3O4S. The highest BCUT2D eigenvalue weighted by Crippen LogP contribution is 2.49. The summed E-state index contributed by atoms with van der Waals surface area (Å²) >= 11 is 0. The average Bonchev–Trinajstić information content (AvgIpc) is 3.08. The smallest absolute Gasteiger partial charge is 0.343 e.